The molecule has 1 fully saturated rings. The molecule has 2 heterocycles. The third kappa shape index (κ3) is 3.29. The van der Waals surface area contributed by atoms with Crippen LogP contribution in [0.4, 0.5) is 0 Å². The summed E-state index contributed by atoms with van der Waals surface area (Å²) >= 11 is 0. The van der Waals surface area contributed by atoms with Crippen molar-refractivity contribution in [3.8, 4) is 0 Å². The number of carboxylic acids is 1. The quantitative estimate of drug-likeness (QED) is 0.873. The Balaban J connectivity index is 2.05. The van der Waals surface area contributed by atoms with Crippen molar-refractivity contribution in [3.05, 3.63) is 29.6 Å². The first-order valence-electron chi connectivity index (χ1n) is 6.10. The molecule has 0 aromatic carbocycles. The first-order valence-corrected chi connectivity index (χ1v) is 6.10. The van der Waals surface area contributed by atoms with Crippen molar-refractivity contribution >= 4 is 11.9 Å². The fourth-order valence-corrected chi connectivity index (χ4v) is 2.10. The number of aromatic nitrogens is 1. The minimum Gasteiger partial charge on any atom is -0.477 e. The van der Waals surface area contributed by atoms with Crippen molar-refractivity contribution in [2.75, 3.05) is 26.8 Å². The van der Waals surface area contributed by atoms with Gasteiger partial charge in [-0.1, -0.05) is 0 Å². The van der Waals surface area contributed by atoms with Gasteiger partial charge in [0, 0.05) is 37.9 Å². The number of carboxylic acid groups (broad SMARTS) is 1. The molecule has 102 valence electrons. The van der Waals surface area contributed by atoms with Crippen LogP contribution < -0.4 is 0 Å². The molecule has 0 radical (unpaired) electrons. The minimum atomic E-state index is -1.14. The van der Waals surface area contributed by atoms with E-state index in [0.717, 1.165) is 13.0 Å². The zero-order chi connectivity index (χ0) is 13.8. The molecule has 6 heteroatoms. The van der Waals surface area contributed by atoms with Crippen molar-refractivity contribution in [1.82, 2.24) is 9.88 Å². The lowest BCUT2D eigenvalue weighted by Gasteiger charge is -2.20. The summed E-state index contributed by atoms with van der Waals surface area (Å²) < 4.78 is 5.27. The number of carbonyl (C=O) groups excluding carboxylic acids is 1. The van der Waals surface area contributed by atoms with Crippen LogP contribution in [0.2, 0.25) is 0 Å². The molecule has 2 rings (SSSR count). The van der Waals surface area contributed by atoms with E-state index in [9.17, 15) is 9.59 Å². The molecule has 1 saturated heterocycles. The molecule has 1 aliphatic heterocycles. The highest BCUT2D eigenvalue weighted by Gasteiger charge is 2.21. The van der Waals surface area contributed by atoms with Crippen LogP contribution in [0.5, 0.6) is 0 Å². The Morgan fingerprint density at radius 2 is 2.37 bits per heavy atom. The molecule has 1 aromatic rings. The second kappa shape index (κ2) is 5.79. The maximum absolute atomic E-state index is 12.2. The second-order valence-electron chi connectivity index (χ2n) is 4.65. The van der Waals surface area contributed by atoms with Gasteiger partial charge >= 0.3 is 5.97 Å². The van der Waals surface area contributed by atoms with E-state index >= 15 is 0 Å². The molecule has 6 nitrogen and oxygen atoms in total. The van der Waals surface area contributed by atoms with Gasteiger partial charge in [0.1, 0.15) is 5.69 Å². The number of nitrogens with zero attached hydrogens (tertiary/aromatic N) is 2. The Kier molecular flexibility index (Phi) is 4.11. The van der Waals surface area contributed by atoms with Crippen LogP contribution in [0.25, 0.3) is 0 Å². The van der Waals surface area contributed by atoms with Gasteiger partial charge in [-0.3, -0.25) is 4.79 Å². The Bertz CT molecular complexity index is 483. The zero-order valence-corrected chi connectivity index (χ0v) is 10.7. The fraction of sp³-hybridized carbons (Fsp3) is 0.462. The molecule has 0 bridgehead atoms. The molecule has 1 aliphatic rings. The van der Waals surface area contributed by atoms with Gasteiger partial charge in [0.05, 0.1) is 6.61 Å². The lowest BCUT2D eigenvalue weighted by molar-refractivity contribution is 0.0690. The van der Waals surface area contributed by atoms with Crippen LogP contribution in [0, 0.1) is 5.92 Å². The summed E-state index contributed by atoms with van der Waals surface area (Å²) in [5.41, 5.74) is 0.220. The summed E-state index contributed by atoms with van der Waals surface area (Å²) in [7, 11) is 1.71. The maximum atomic E-state index is 12.2. The van der Waals surface area contributed by atoms with E-state index in [0.29, 0.717) is 24.6 Å². The normalized spacial score (nSPS) is 18.3. The highest BCUT2D eigenvalue weighted by atomic mass is 16.5. The smallest absolute Gasteiger partial charge is 0.354 e. The van der Waals surface area contributed by atoms with Gasteiger partial charge in [-0.2, -0.15) is 0 Å². The molecular weight excluding hydrogens is 248 g/mol. The molecule has 0 spiro atoms. The lowest BCUT2D eigenvalue weighted by Crippen LogP contribution is -2.32. The Hall–Kier alpha value is -1.95. The molecule has 1 atom stereocenters. The fourth-order valence-electron chi connectivity index (χ4n) is 2.10. The average Bonchev–Trinajstić information content (AvgIpc) is 2.90. The van der Waals surface area contributed by atoms with Crippen molar-refractivity contribution in [1.29, 1.82) is 0 Å². The number of aromatic carboxylic acids is 1. The number of ether oxygens (including phenoxy) is 1. The SMILES string of the molecule is CN(CC1CCOC1)C(=O)c1ccnc(C(=O)O)c1. The topological polar surface area (TPSA) is 79.7 Å². The summed E-state index contributed by atoms with van der Waals surface area (Å²) in [4.78, 5) is 28.3. The van der Waals surface area contributed by atoms with Crippen LogP contribution in [-0.4, -0.2) is 53.7 Å². The molecule has 0 saturated carbocycles. The van der Waals surface area contributed by atoms with Gasteiger partial charge in [0.15, 0.2) is 0 Å². The van der Waals surface area contributed by atoms with Crippen molar-refractivity contribution < 1.29 is 19.4 Å². The van der Waals surface area contributed by atoms with E-state index in [2.05, 4.69) is 4.98 Å². The first kappa shape index (κ1) is 13.5. The standard InChI is InChI=1S/C13H16N2O4/c1-15(7-9-3-5-19-8-9)12(16)10-2-4-14-11(6-10)13(17)18/h2,4,6,9H,3,5,7-8H2,1H3,(H,17,18). The van der Waals surface area contributed by atoms with Gasteiger partial charge < -0.3 is 14.7 Å². The van der Waals surface area contributed by atoms with Crippen molar-refractivity contribution in [3.63, 3.8) is 0 Å². The molecule has 19 heavy (non-hydrogen) atoms. The van der Waals surface area contributed by atoms with Crippen LogP contribution in [-0.2, 0) is 4.74 Å². The number of hydrogen-bond acceptors (Lipinski definition) is 4. The van der Waals surface area contributed by atoms with Gasteiger partial charge in [-0.15, -0.1) is 0 Å². The summed E-state index contributed by atoms with van der Waals surface area (Å²) in [6.07, 6.45) is 2.29. The maximum Gasteiger partial charge on any atom is 0.354 e. The van der Waals surface area contributed by atoms with Crippen LogP contribution >= 0.6 is 0 Å². The van der Waals surface area contributed by atoms with Crippen molar-refractivity contribution in [2.24, 2.45) is 5.92 Å². The highest BCUT2D eigenvalue weighted by molar-refractivity contribution is 5.96. The largest absolute Gasteiger partial charge is 0.477 e. The van der Waals surface area contributed by atoms with E-state index in [-0.39, 0.29) is 11.6 Å². The predicted octanol–water partition coefficient (Wildman–Crippen LogP) is 0.888. The molecule has 1 amide bonds. The van der Waals surface area contributed by atoms with Gasteiger partial charge in [-0.05, 0) is 18.6 Å². The Labute approximate surface area is 111 Å². The van der Waals surface area contributed by atoms with Gasteiger partial charge in [-0.25, -0.2) is 9.78 Å². The van der Waals surface area contributed by atoms with E-state index in [1.807, 2.05) is 0 Å². The third-order valence-electron chi connectivity index (χ3n) is 3.13. The molecule has 0 aliphatic carbocycles. The zero-order valence-electron chi connectivity index (χ0n) is 10.7. The number of pyridine rings is 1. The number of hydrogen-bond donors (Lipinski definition) is 1. The van der Waals surface area contributed by atoms with Gasteiger partial charge in [0.2, 0.25) is 0 Å². The van der Waals surface area contributed by atoms with E-state index < -0.39 is 5.97 Å². The van der Waals surface area contributed by atoms with Gasteiger partial charge in [0.25, 0.3) is 5.91 Å². The first-order chi connectivity index (χ1) is 9.08. The monoisotopic (exact) mass is 264 g/mol. The van der Waals surface area contributed by atoms with E-state index in [1.54, 1.807) is 11.9 Å². The predicted molar refractivity (Wildman–Crippen MR) is 67.1 cm³/mol. The van der Waals surface area contributed by atoms with E-state index in [1.165, 1.54) is 18.3 Å². The number of carbonyl (C=O) groups is 2. The second-order valence-corrected chi connectivity index (χ2v) is 4.65. The van der Waals surface area contributed by atoms with Crippen LogP contribution in [0.3, 0.4) is 0 Å². The molecular formula is C13H16N2O4. The highest BCUT2D eigenvalue weighted by Crippen LogP contribution is 2.15. The third-order valence-corrected chi connectivity index (χ3v) is 3.13. The lowest BCUT2D eigenvalue weighted by atomic mass is 10.1. The van der Waals surface area contributed by atoms with Crippen LogP contribution in [0.15, 0.2) is 18.3 Å². The summed E-state index contributed by atoms with van der Waals surface area (Å²) in [5.74, 6) is -0.979. The summed E-state index contributed by atoms with van der Waals surface area (Å²) in [6, 6.07) is 2.82. The Morgan fingerprint density at radius 3 is 3.00 bits per heavy atom. The molecule has 1 N–H and O–H groups in total. The summed E-state index contributed by atoms with van der Waals surface area (Å²) in [5, 5.41) is 8.86. The van der Waals surface area contributed by atoms with Crippen molar-refractivity contribution in [2.45, 2.75) is 6.42 Å². The summed E-state index contributed by atoms with van der Waals surface area (Å²) in [6.45, 7) is 2.03. The Morgan fingerprint density at radius 1 is 1.58 bits per heavy atom. The average molecular weight is 264 g/mol. The molecule has 1 unspecified atom stereocenters. The molecule has 1 aromatic heterocycles. The van der Waals surface area contributed by atoms with E-state index in [4.69, 9.17) is 9.84 Å². The number of rotatable bonds is 4. The number of amides is 1. The minimum absolute atomic E-state index is 0.122. The van der Waals surface area contributed by atoms with Crippen LogP contribution in [0.1, 0.15) is 27.3 Å².